The Balaban J connectivity index is 2.73. The molecule has 1 nitrogen and oxygen atoms in total. The van der Waals surface area contributed by atoms with Crippen LogP contribution in [0.3, 0.4) is 0 Å². The monoisotopic (exact) mass is 275 g/mol. The number of benzene rings is 1. The molecule has 1 atom stereocenters. The van der Waals surface area contributed by atoms with Crippen LogP contribution in [0.25, 0.3) is 0 Å². The van der Waals surface area contributed by atoms with E-state index in [2.05, 4.69) is 40.9 Å². The first-order valence-corrected chi connectivity index (χ1v) is 6.16. The Bertz CT molecular complexity index is 290. The molecule has 0 aliphatic carbocycles. The van der Waals surface area contributed by atoms with Gasteiger partial charge in [0.15, 0.2) is 0 Å². The van der Waals surface area contributed by atoms with E-state index >= 15 is 0 Å². The van der Waals surface area contributed by atoms with Crippen molar-refractivity contribution in [3.05, 3.63) is 34.9 Å². The van der Waals surface area contributed by atoms with Crippen LogP contribution in [0.1, 0.15) is 18.5 Å². The van der Waals surface area contributed by atoms with E-state index in [1.54, 1.807) is 0 Å². The molecule has 0 saturated heterocycles. The molecule has 0 aliphatic heterocycles. The molecule has 1 aromatic carbocycles. The van der Waals surface area contributed by atoms with Gasteiger partial charge in [-0.3, -0.25) is 4.90 Å². The lowest BCUT2D eigenvalue weighted by Gasteiger charge is -2.24. The normalized spacial score (nSPS) is 13.2. The van der Waals surface area contributed by atoms with E-state index in [0.717, 1.165) is 16.9 Å². The van der Waals surface area contributed by atoms with Gasteiger partial charge in [-0.25, -0.2) is 0 Å². The zero-order valence-electron chi connectivity index (χ0n) is 8.50. The Labute approximate surface area is 99.2 Å². The molecule has 1 rings (SSSR count). The zero-order valence-corrected chi connectivity index (χ0v) is 10.8. The minimum Gasteiger partial charge on any atom is -0.299 e. The van der Waals surface area contributed by atoms with Crippen molar-refractivity contribution in [2.75, 3.05) is 18.9 Å². The minimum absolute atomic E-state index is 0.409. The van der Waals surface area contributed by atoms with Crippen LogP contribution in [0.4, 0.5) is 0 Å². The van der Waals surface area contributed by atoms with E-state index in [1.165, 1.54) is 5.56 Å². The Morgan fingerprint density at radius 1 is 1.50 bits per heavy atom. The summed E-state index contributed by atoms with van der Waals surface area (Å²) in [6.07, 6.45) is 0. The Morgan fingerprint density at radius 2 is 2.21 bits per heavy atom. The van der Waals surface area contributed by atoms with Gasteiger partial charge in [0.25, 0.3) is 0 Å². The van der Waals surface area contributed by atoms with Gasteiger partial charge in [0.2, 0.25) is 0 Å². The number of hydrogen-bond donors (Lipinski definition) is 0. The topological polar surface area (TPSA) is 3.24 Å². The molecule has 0 aromatic heterocycles. The van der Waals surface area contributed by atoms with Crippen LogP contribution in [-0.4, -0.2) is 23.8 Å². The van der Waals surface area contributed by atoms with Crippen molar-refractivity contribution in [1.29, 1.82) is 0 Å². The predicted molar refractivity (Wildman–Crippen MR) is 66.3 cm³/mol. The zero-order chi connectivity index (χ0) is 10.6. The average Bonchev–Trinajstić information content (AvgIpc) is 2.17. The molecule has 0 amide bonds. The smallest absolute Gasteiger partial charge is 0.0409 e. The molecule has 0 fully saturated rings. The molecule has 0 heterocycles. The lowest BCUT2D eigenvalue weighted by molar-refractivity contribution is 0.279. The first-order valence-electron chi connectivity index (χ1n) is 4.67. The molecule has 3 heteroatoms. The van der Waals surface area contributed by atoms with Crippen LogP contribution in [0.15, 0.2) is 24.3 Å². The summed E-state index contributed by atoms with van der Waals surface area (Å²) < 4.78 is 0. The summed E-state index contributed by atoms with van der Waals surface area (Å²) in [5.74, 6) is 0. The van der Waals surface area contributed by atoms with E-state index in [1.807, 2.05) is 18.2 Å². The van der Waals surface area contributed by atoms with Gasteiger partial charge in [-0.2, -0.15) is 0 Å². The summed E-state index contributed by atoms with van der Waals surface area (Å²) in [5, 5.41) is 1.80. The number of nitrogens with zero attached hydrogens (tertiary/aromatic N) is 1. The molecule has 1 unspecified atom stereocenters. The largest absolute Gasteiger partial charge is 0.299 e. The maximum absolute atomic E-state index is 5.94. The quantitative estimate of drug-likeness (QED) is 0.758. The highest BCUT2D eigenvalue weighted by molar-refractivity contribution is 9.09. The maximum atomic E-state index is 5.94. The van der Waals surface area contributed by atoms with Gasteiger partial charge in [-0.15, -0.1) is 0 Å². The maximum Gasteiger partial charge on any atom is 0.0409 e. The van der Waals surface area contributed by atoms with Gasteiger partial charge in [0, 0.05) is 22.9 Å². The summed E-state index contributed by atoms with van der Waals surface area (Å²) in [4.78, 5) is 2.29. The molecule has 0 radical (unpaired) electrons. The molecule has 78 valence electrons. The lowest BCUT2D eigenvalue weighted by Crippen LogP contribution is -2.24. The fourth-order valence-corrected chi connectivity index (χ4v) is 2.11. The number of alkyl halides is 1. The molecule has 14 heavy (non-hydrogen) atoms. The van der Waals surface area contributed by atoms with Crippen LogP contribution in [0, 0.1) is 0 Å². The molecule has 0 N–H and O–H groups in total. The fourth-order valence-electron chi connectivity index (χ4n) is 1.35. The van der Waals surface area contributed by atoms with E-state index in [-0.39, 0.29) is 0 Å². The van der Waals surface area contributed by atoms with Crippen LogP contribution < -0.4 is 0 Å². The third kappa shape index (κ3) is 3.26. The van der Waals surface area contributed by atoms with Gasteiger partial charge in [-0.1, -0.05) is 39.7 Å². The van der Waals surface area contributed by atoms with Crippen molar-refractivity contribution in [3.8, 4) is 0 Å². The number of hydrogen-bond acceptors (Lipinski definition) is 1. The van der Waals surface area contributed by atoms with Gasteiger partial charge < -0.3 is 0 Å². The standard InChI is InChI=1S/C11H15BrClN/c1-9(14(2)7-6-12)10-4-3-5-11(13)8-10/h3-5,8-9H,6-7H2,1-2H3. The highest BCUT2D eigenvalue weighted by atomic mass is 79.9. The van der Waals surface area contributed by atoms with Gasteiger partial charge in [0.1, 0.15) is 0 Å². The molecule has 0 saturated carbocycles. The third-order valence-electron chi connectivity index (χ3n) is 2.43. The van der Waals surface area contributed by atoms with E-state index in [9.17, 15) is 0 Å². The molecular formula is C11H15BrClN. The van der Waals surface area contributed by atoms with Crippen molar-refractivity contribution < 1.29 is 0 Å². The average molecular weight is 277 g/mol. The third-order valence-corrected chi connectivity index (χ3v) is 3.02. The van der Waals surface area contributed by atoms with E-state index in [4.69, 9.17) is 11.6 Å². The second-order valence-electron chi connectivity index (χ2n) is 3.40. The summed E-state index contributed by atoms with van der Waals surface area (Å²) in [6, 6.07) is 8.45. The SMILES string of the molecule is CC(c1cccc(Cl)c1)N(C)CCBr. The van der Waals surface area contributed by atoms with Gasteiger partial charge >= 0.3 is 0 Å². The Hall–Kier alpha value is -0.0500. The van der Waals surface area contributed by atoms with Crippen LogP contribution in [0.2, 0.25) is 5.02 Å². The first-order chi connectivity index (χ1) is 6.65. The van der Waals surface area contributed by atoms with Crippen molar-refractivity contribution in [1.82, 2.24) is 4.90 Å². The fraction of sp³-hybridized carbons (Fsp3) is 0.455. The van der Waals surface area contributed by atoms with E-state index in [0.29, 0.717) is 6.04 Å². The summed E-state index contributed by atoms with van der Waals surface area (Å²) >= 11 is 9.38. The second-order valence-corrected chi connectivity index (χ2v) is 4.63. The highest BCUT2D eigenvalue weighted by Crippen LogP contribution is 2.21. The van der Waals surface area contributed by atoms with Crippen molar-refractivity contribution in [2.45, 2.75) is 13.0 Å². The predicted octanol–water partition coefficient (Wildman–Crippen LogP) is 3.73. The lowest BCUT2D eigenvalue weighted by atomic mass is 10.1. The number of rotatable bonds is 4. The molecule has 1 aromatic rings. The minimum atomic E-state index is 0.409. The van der Waals surface area contributed by atoms with Crippen molar-refractivity contribution >= 4 is 27.5 Å². The number of halogens is 2. The van der Waals surface area contributed by atoms with Crippen LogP contribution >= 0.6 is 27.5 Å². The van der Waals surface area contributed by atoms with E-state index < -0.39 is 0 Å². The highest BCUT2D eigenvalue weighted by Gasteiger charge is 2.10. The van der Waals surface area contributed by atoms with Gasteiger partial charge in [-0.05, 0) is 31.7 Å². The van der Waals surface area contributed by atoms with Crippen molar-refractivity contribution in [3.63, 3.8) is 0 Å². The Morgan fingerprint density at radius 3 is 2.79 bits per heavy atom. The second kappa shape index (κ2) is 5.74. The molecular weight excluding hydrogens is 261 g/mol. The molecule has 0 aliphatic rings. The van der Waals surface area contributed by atoms with Crippen LogP contribution in [-0.2, 0) is 0 Å². The summed E-state index contributed by atoms with van der Waals surface area (Å²) in [7, 11) is 2.12. The van der Waals surface area contributed by atoms with Gasteiger partial charge in [0.05, 0.1) is 0 Å². The summed E-state index contributed by atoms with van der Waals surface area (Å²) in [6.45, 7) is 3.22. The molecule has 0 spiro atoms. The Kier molecular flexibility index (Phi) is 4.93. The molecule has 0 bridgehead atoms. The van der Waals surface area contributed by atoms with Crippen molar-refractivity contribution in [2.24, 2.45) is 0 Å². The first kappa shape index (κ1) is 12.0. The van der Waals surface area contributed by atoms with Crippen LogP contribution in [0.5, 0.6) is 0 Å². The summed E-state index contributed by atoms with van der Waals surface area (Å²) in [5.41, 5.74) is 1.26.